The second-order valence-electron chi connectivity index (χ2n) is 4.53. The molecule has 1 aliphatic heterocycles. The minimum atomic E-state index is -0.506. The minimum absolute atomic E-state index is 0.0788. The zero-order chi connectivity index (χ0) is 14.3. The van der Waals surface area contributed by atoms with Crippen molar-refractivity contribution in [1.29, 1.82) is 0 Å². The van der Waals surface area contributed by atoms with Gasteiger partial charge in [-0.1, -0.05) is 6.92 Å². The lowest BCUT2D eigenvalue weighted by Gasteiger charge is -2.37. The first-order valence-corrected chi connectivity index (χ1v) is 7.06. The zero-order valence-electron chi connectivity index (χ0n) is 12.1. The van der Waals surface area contributed by atoms with Gasteiger partial charge in [-0.15, -0.1) is 0 Å². The Kier molecular flexibility index (Phi) is 6.62. The first kappa shape index (κ1) is 15.8. The molecule has 0 saturated carbocycles. The molecule has 19 heavy (non-hydrogen) atoms. The molecule has 6 heteroatoms. The Hall–Kier alpha value is -1.30. The predicted octanol–water partition coefficient (Wildman–Crippen LogP) is 0.675. The van der Waals surface area contributed by atoms with Gasteiger partial charge in [-0.05, 0) is 20.3 Å². The van der Waals surface area contributed by atoms with Gasteiger partial charge in [0.05, 0.1) is 13.2 Å². The topological polar surface area (TPSA) is 61.9 Å². The molecule has 1 N–H and O–H groups in total. The van der Waals surface area contributed by atoms with Crippen LogP contribution in [0.4, 0.5) is 4.79 Å². The van der Waals surface area contributed by atoms with E-state index in [0.717, 1.165) is 6.42 Å². The van der Waals surface area contributed by atoms with E-state index in [1.165, 1.54) is 0 Å². The van der Waals surface area contributed by atoms with E-state index < -0.39 is 6.04 Å². The van der Waals surface area contributed by atoms with Crippen LogP contribution in [-0.2, 0) is 9.53 Å². The molecule has 0 bridgehead atoms. The highest BCUT2D eigenvalue weighted by Crippen LogP contribution is 2.11. The first-order valence-electron chi connectivity index (χ1n) is 7.06. The lowest BCUT2D eigenvalue weighted by Crippen LogP contribution is -2.59. The maximum absolute atomic E-state index is 12.4. The van der Waals surface area contributed by atoms with Crippen LogP contribution in [0.15, 0.2) is 0 Å². The number of amides is 3. The molecule has 0 aromatic rings. The standard InChI is InChI=1S/C13H25N3O3/c1-4-7-14-12(17)11-10-19-9-8-16(11)13(18)15(5-2)6-3/h11H,4-10H2,1-3H3,(H,14,17). The van der Waals surface area contributed by atoms with Crippen molar-refractivity contribution in [2.24, 2.45) is 0 Å². The van der Waals surface area contributed by atoms with Crippen molar-refractivity contribution < 1.29 is 14.3 Å². The highest BCUT2D eigenvalue weighted by Gasteiger charge is 2.34. The number of rotatable bonds is 5. The number of carbonyl (C=O) groups is 2. The highest BCUT2D eigenvalue weighted by atomic mass is 16.5. The van der Waals surface area contributed by atoms with Crippen LogP contribution < -0.4 is 5.32 Å². The summed E-state index contributed by atoms with van der Waals surface area (Å²) in [6.07, 6.45) is 0.878. The van der Waals surface area contributed by atoms with Gasteiger partial charge in [-0.25, -0.2) is 4.79 Å². The van der Waals surface area contributed by atoms with E-state index in [1.54, 1.807) is 9.80 Å². The van der Waals surface area contributed by atoms with E-state index in [1.807, 2.05) is 20.8 Å². The summed E-state index contributed by atoms with van der Waals surface area (Å²) in [6.45, 7) is 9.04. The third-order valence-corrected chi connectivity index (χ3v) is 3.26. The van der Waals surface area contributed by atoms with E-state index in [2.05, 4.69) is 5.32 Å². The molecule has 3 amide bonds. The van der Waals surface area contributed by atoms with Crippen molar-refractivity contribution in [1.82, 2.24) is 15.1 Å². The van der Waals surface area contributed by atoms with Crippen LogP contribution >= 0.6 is 0 Å². The summed E-state index contributed by atoms with van der Waals surface area (Å²) in [5.74, 6) is -0.123. The molecule has 0 spiro atoms. The molecule has 0 radical (unpaired) electrons. The summed E-state index contributed by atoms with van der Waals surface area (Å²) < 4.78 is 5.34. The van der Waals surface area contributed by atoms with Crippen LogP contribution in [0.5, 0.6) is 0 Å². The first-order chi connectivity index (χ1) is 9.15. The van der Waals surface area contributed by atoms with E-state index in [4.69, 9.17) is 4.74 Å². The van der Waals surface area contributed by atoms with Gasteiger partial charge < -0.3 is 19.9 Å². The van der Waals surface area contributed by atoms with Gasteiger partial charge in [0, 0.05) is 26.2 Å². The fourth-order valence-corrected chi connectivity index (χ4v) is 2.09. The predicted molar refractivity (Wildman–Crippen MR) is 72.9 cm³/mol. The van der Waals surface area contributed by atoms with E-state index >= 15 is 0 Å². The normalized spacial score (nSPS) is 19.1. The molecular formula is C13H25N3O3. The average molecular weight is 271 g/mol. The van der Waals surface area contributed by atoms with Gasteiger partial charge in [0.25, 0.3) is 0 Å². The molecule has 1 heterocycles. The van der Waals surface area contributed by atoms with Crippen LogP contribution in [0.25, 0.3) is 0 Å². The second kappa shape index (κ2) is 7.99. The number of nitrogens with one attached hydrogen (secondary N) is 1. The second-order valence-corrected chi connectivity index (χ2v) is 4.53. The third kappa shape index (κ3) is 4.09. The third-order valence-electron chi connectivity index (χ3n) is 3.26. The number of hydrogen-bond donors (Lipinski definition) is 1. The molecular weight excluding hydrogens is 246 g/mol. The Morgan fingerprint density at radius 2 is 2.00 bits per heavy atom. The Balaban J connectivity index is 2.71. The van der Waals surface area contributed by atoms with Gasteiger partial charge in [0.2, 0.25) is 5.91 Å². The lowest BCUT2D eigenvalue weighted by molar-refractivity contribution is -0.130. The zero-order valence-corrected chi connectivity index (χ0v) is 12.1. The summed E-state index contributed by atoms with van der Waals surface area (Å²) in [5.41, 5.74) is 0. The number of morpholine rings is 1. The summed E-state index contributed by atoms with van der Waals surface area (Å²) in [4.78, 5) is 27.8. The molecule has 6 nitrogen and oxygen atoms in total. The van der Waals surface area contributed by atoms with E-state index in [0.29, 0.717) is 32.8 Å². The van der Waals surface area contributed by atoms with Crippen LogP contribution in [0.2, 0.25) is 0 Å². The van der Waals surface area contributed by atoms with E-state index in [9.17, 15) is 9.59 Å². The van der Waals surface area contributed by atoms with Gasteiger partial charge in [0.15, 0.2) is 0 Å². The molecule has 1 saturated heterocycles. The van der Waals surface area contributed by atoms with Gasteiger partial charge >= 0.3 is 6.03 Å². The molecule has 1 rings (SSSR count). The Bertz CT molecular complexity index is 306. The summed E-state index contributed by atoms with van der Waals surface area (Å²) in [5, 5.41) is 2.83. The van der Waals surface area contributed by atoms with Crippen molar-refractivity contribution in [2.75, 3.05) is 39.4 Å². The van der Waals surface area contributed by atoms with Crippen molar-refractivity contribution in [3.05, 3.63) is 0 Å². The molecule has 0 aliphatic carbocycles. The van der Waals surface area contributed by atoms with Crippen LogP contribution in [-0.4, -0.2) is 67.2 Å². The average Bonchev–Trinajstić information content (AvgIpc) is 2.45. The highest BCUT2D eigenvalue weighted by molar-refractivity contribution is 5.87. The van der Waals surface area contributed by atoms with E-state index in [-0.39, 0.29) is 18.5 Å². The van der Waals surface area contributed by atoms with Gasteiger partial charge in [-0.3, -0.25) is 4.79 Å². The quantitative estimate of drug-likeness (QED) is 0.799. The van der Waals surface area contributed by atoms with Gasteiger partial charge in [-0.2, -0.15) is 0 Å². The summed E-state index contributed by atoms with van der Waals surface area (Å²) in [7, 11) is 0. The van der Waals surface area contributed by atoms with Crippen LogP contribution in [0, 0.1) is 0 Å². The fourth-order valence-electron chi connectivity index (χ4n) is 2.09. The smallest absolute Gasteiger partial charge is 0.320 e. The maximum atomic E-state index is 12.4. The van der Waals surface area contributed by atoms with Crippen LogP contribution in [0.3, 0.4) is 0 Å². The van der Waals surface area contributed by atoms with Crippen molar-refractivity contribution >= 4 is 11.9 Å². The van der Waals surface area contributed by atoms with Crippen molar-refractivity contribution in [3.8, 4) is 0 Å². The van der Waals surface area contributed by atoms with Crippen molar-refractivity contribution in [2.45, 2.75) is 33.2 Å². The number of carbonyl (C=O) groups excluding carboxylic acids is 2. The molecule has 0 aromatic heterocycles. The molecule has 110 valence electrons. The maximum Gasteiger partial charge on any atom is 0.320 e. The van der Waals surface area contributed by atoms with Gasteiger partial charge in [0.1, 0.15) is 6.04 Å². The van der Waals surface area contributed by atoms with Crippen LogP contribution in [0.1, 0.15) is 27.2 Å². The number of urea groups is 1. The molecule has 1 aliphatic rings. The fraction of sp³-hybridized carbons (Fsp3) is 0.846. The molecule has 0 aromatic carbocycles. The largest absolute Gasteiger partial charge is 0.377 e. The number of hydrogen-bond acceptors (Lipinski definition) is 3. The molecule has 1 unspecified atom stereocenters. The Labute approximate surface area is 115 Å². The summed E-state index contributed by atoms with van der Waals surface area (Å²) >= 11 is 0. The summed E-state index contributed by atoms with van der Waals surface area (Å²) in [6, 6.07) is -0.585. The molecule has 1 atom stereocenters. The Morgan fingerprint density at radius 1 is 1.32 bits per heavy atom. The number of nitrogens with zero attached hydrogens (tertiary/aromatic N) is 2. The molecule has 1 fully saturated rings. The van der Waals surface area contributed by atoms with Crippen molar-refractivity contribution in [3.63, 3.8) is 0 Å². The Morgan fingerprint density at radius 3 is 2.58 bits per heavy atom. The monoisotopic (exact) mass is 271 g/mol. The lowest BCUT2D eigenvalue weighted by atomic mass is 10.2. The minimum Gasteiger partial charge on any atom is -0.377 e. The number of ether oxygens (including phenoxy) is 1. The SMILES string of the molecule is CCCNC(=O)C1COCCN1C(=O)N(CC)CC.